The van der Waals surface area contributed by atoms with Gasteiger partial charge in [0, 0.05) is 24.6 Å². The first kappa shape index (κ1) is 27.3. The van der Waals surface area contributed by atoms with E-state index in [4.69, 9.17) is 14.0 Å². The molecule has 0 saturated heterocycles. The lowest BCUT2D eigenvalue weighted by Gasteiger charge is -2.22. The first-order valence-electron chi connectivity index (χ1n) is 11.0. The van der Waals surface area contributed by atoms with Crippen LogP contribution in [0, 0.1) is 0 Å². The Balaban J connectivity index is 1.82. The van der Waals surface area contributed by atoms with Crippen LogP contribution in [0.1, 0.15) is 27.9 Å². The first-order valence-corrected chi connectivity index (χ1v) is 12.9. The van der Waals surface area contributed by atoms with E-state index in [2.05, 4.69) is 20.3 Å². The zero-order valence-corrected chi connectivity index (χ0v) is 21.4. The van der Waals surface area contributed by atoms with Gasteiger partial charge in [0.2, 0.25) is 5.91 Å². The smallest absolute Gasteiger partial charge is 0.407 e. The van der Waals surface area contributed by atoms with E-state index in [1.165, 1.54) is 18.4 Å². The van der Waals surface area contributed by atoms with Crippen molar-refractivity contribution in [3.8, 4) is 0 Å². The lowest BCUT2D eigenvalue weighted by atomic mass is 10.0. The highest BCUT2D eigenvalue weighted by Crippen LogP contribution is 2.24. The van der Waals surface area contributed by atoms with Gasteiger partial charge >= 0.3 is 6.09 Å². The summed E-state index contributed by atoms with van der Waals surface area (Å²) in [6, 6.07) is 15.0. The minimum absolute atomic E-state index is 0.278. The molecule has 36 heavy (non-hydrogen) atoms. The lowest BCUT2D eigenvalue weighted by Crippen LogP contribution is -2.49. The van der Waals surface area contributed by atoms with Gasteiger partial charge < -0.3 is 20.1 Å². The minimum atomic E-state index is -2.17. The molecular weight excluding hydrogens is 504 g/mol. The molecule has 0 aliphatic heterocycles. The summed E-state index contributed by atoms with van der Waals surface area (Å²) in [6.45, 7) is 0.344. The van der Waals surface area contributed by atoms with Gasteiger partial charge in [0.05, 0.1) is 25.5 Å². The summed E-state index contributed by atoms with van der Waals surface area (Å²) in [6.07, 6.45) is -0.0201. The number of carbonyl (C=O) groups is 2. The summed E-state index contributed by atoms with van der Waals surface area (Å²) in [5.41, 5.74) is 2.99. The SMILES string of the molecule is COCc1csc([C@H](Cc2ccc(NS(=O)O)cc2)NC(=O)[C@H](Cc2ccccc2)NC(=O)OC)n1. The van der Waals surface area contributed by atoms with E-state index in [1.807, 2.05) is 35.7 Å². The van der Waals surface area contributed by atoms with E-state index in [0.29, 0.717) is 23.7 Å². The van der Waals surface area contributed by atoms with Crippen LogP contribution in [0.3, 0.4) is 0 Å². The fourth-order valence-corrected chi connectivity index (χ4v) is 4.67. The molecule has 0 radical (unpaired) electrons. The van der Waals surface area contributed by atoms with Gasteiger partial charge in [-0.25, -0.2) is 14.0 Å². The molecule has 1 aromatic heterocycles. The van der Waals surface area contributed by atoms with Crippen LogP contribution in [-0.2, 0) is 45.0 Å². The number of nitrogens with one attached hydrogen (secondary N) is 3. The van der Waals surface area contributed by atoms with E-state index in [-0.39, 0.29) is 12.3 Å². The van der Waals surface area contributed by atoms with Crippen molar-refractivity contribution >= 4 is 40.3 Å². The predicted molar refractivity (Wildman–Crippen MR) is 138 cm³/mol. The maximum atomic E-state index is 13.4. The molecule has 10 nitrogen and oxygen atoms in total. The fourth-order valence-electron chi connectivity index (χ4n) is 3.47. The normalized spacial score (nSPS) is 13.3. The molecule has 0 bridgehead atoms. The van der Waals surface area contributed by atoms with Gasteiger partial charge in [0.15, 0.2) is 0 Å². The van der Waals surface area contributed by atoms with Crippen LogP contribution in [0.4, 0.5) is 10.5 Å². The third-order valence-corrected chi connectivity index (χ3v) is 6.57. The van der Waals surface area contributed by atoms with Crippen LogP contribution in [0.2, 0.25) is 0 Å². The topological polar surface area (TPSA) is 139 Å². The van der Waals surface area contributed by atoms with Crippen LogP contribution >= 0.6 is 11.3 Å². The Morgan fingerprint density at radius 1 is 1.03 bits per heavy atom. The number of rotatable bonds is 12. The van der Waals surface area contributed by atoms with Crippen molar-refractivity contribution in [1.82, 2.24) is 15.6 Å². The largest absolute Gasteiger partial charge is 0.453 e. The average molecular weight is 533 g/mol. The molecule has 1 unspecified atom stereocenters. The number of nitrogens with zero attached hydrogens (tertiary/aromatic N) is 1. The summed E-state index contributed by atoms with van der Waals surface area (Å²) < 4.78 is 32.3. The van der Waals surface area contributed by atoms with E-state index in [9.17, 15) is 13.8 Å². The van der Waals surface area contributed by atoms with Crippen molar-refractivity contribution in [3.05, 3.63) is 81.8 Å². The van der Waals surface area contributed by atoms with Gasteiger partial charge in [-0.05, 0) is 29.7 Å². The molecule has 0 saturated carbocycles. The number of hydrogen-bond donors (Lipinski definition) is 4. The lowest BCUT2D eigenvalue weighted by molar-refractivity contribution is -0.123. The number of alkyl carbamates (subject to hydrolysis) is 1. The third-order valence-electron chi connectivity index (χ3n) is 5.15. The first-order chi connectivity index (χ1) is 17.4. The average Bonchev–Trinajstić information content (AvgIpc) is 3.33. The highest BCUT2D eigenvalue weighted by molar-refractivity contribution is 7.80. The number of anilines is 1. The molecule has 0 spiro atoms. The van der Waals surface area contributed by atoms with E-state index >= 15 is 0 Å². The van der Waals surface area contributed by atoms with E-state index in [0.717, 1.165) is 16.8 Å². The van der Waals surface area contributed by atoms with Gasteiger partial charge in [-0.1, -0.05) is 42.5 Å². The van der Waals surface area contributed by atoms with Crippen LogP contribution in [0.5, 0.6) is 0 Å². The molecule has 2 aromatic carbocycles. The van der Waals surface area contributed by atoms with Crippen molar-refractivity contribution in [2.45, 2.75) is 31.5 Å². The second-order valence-electron chi connectivity index (χ2n) is 7.80. The molecule has 0 aliphatic carbocycles. The summed E-state index contributed by atoms with van der Waals surface area (Å²) in [5, 5.41) is 8.20. The molecule has 3 aromatic rings. The van der Waals surface area contributed by atoms with Gasteiger partial charge in [-0.15, -0.1) is 11.3 Å². The Morgan fingerprint density at radius 3 is 2.36 bits per heavy atom. The van der Waals surface area contributed by atoms with Crippen molar-refractivity contribution in [2.75, 3.05) is 18.9 Å². The summed E-state index contributed by atoms with van der Waals surface area (Å²) in [5.74, 6) is -0.383. The quantitative estimate of drug-likeness (QED) is 0.263. The Kier molecular flexibility index (Phi) is 10.4. The van der Waals surface area contributed by atoms with Gasteiger partial charge in [-0.3, -0.25) is 14.1 Å². The number of carbonyl (C=O) groups excluding carboxylic acids is 2. The zero-order valence-electron chi connectivity index (χ0n) is 19.8. The Morgan fingerprint density at radius 2 is 1.72 bits per heavy atom. The van der Waals surface area contributed by atoms with Crippen molar-refractivity contribution in [3.63, 3.8) is 0 Å². The van der Waals surface area contributed by atoms with Crippen LogP contribution in [0.15, 0.2) is 60.0 Å². The van der Waals surface area contributed by atoms with Crippen molar-refractivity contribution in [1.29, 1.82) is 0 Å². The van der Waals surface area contributed by atoms with Gasteiger partial charge in [-0.2, -0.15) is 0 Å². The van der Waals surface area contributed by atoms with Crippen molar-refractivity contribution in [2.24, 2.45) is 0 Å². The molecular formula is C24H28N4O6S2. The maximum Gasteiger partial charge on any atom is 0.407 e. The molecule has 1 heterocycles. The maximum absolute atomic E-state index is 13.4. The Hall–Kier alpha value is -3.32. The second kappa shape index (κ2) is 13.7. The highest BCUT2D eigenvalue weighted by Gasteiger charge is 2.26. The molecule has 12 heteroatoms. The highest BCUT2D eigenvalue weighted by atomic mass is 32.2. The molecule has 3 atom stereocenters. The monoisotopic (exact) mass is 532 g/mol. The zero-order chi connectivity index (χ0) is 25.9. The van der Waals surface area contributed by atoms with Crippen molar-refractivity contribution < 1.29 is 27.8 Å². The Bertz CT molecular complexity index is 1160. The number of amides is 2. The number of benzene rings is 2. The number of methoxy groups -OCH3 is 2. The molecule has 192 valence electrons. The molecule has 2 amide bonds. The summed E-state index contributed by atoms with van der Waals surface area (Å²) >= 11 is -0.770. The molecule has 3 rings (SSSR count). The van der Waals surface area contributed by atoms with Gasteiger partial charge in [0.1, 0.15) is 11.0 Å². The Labute approximate surface area is 215 Å². The summed E-state index contributed by atoms with van der Waals surface area (Å²) in [7, 11) is 2.83. The fraction of sp³-hybridized carbons (Fsp3) is 0.292. The minimum Gasteiger partial charge on any atom is -0.453 e. The van der Waals surface area contributed by atoms with Crippen LogP contribution < -0.4 is 15.4 Å². The third kappa shape index (κ3) is 8.41. The second-order valence-corrected chi connectivity index (χ2v) is 9.39. The predicted octanol–water partition coefficient (Wildman–Crippen LogP) is 3.21. The molecule has 0 aliphatic rings. The van der Waals surface area contributed by atoms with E-state index < -0.39 is 29.4 Å². The number of ether oxygens (including phenoxy) is 2. The van der Waals surface area contributed by atoms with Crippen LogP contribution in [0.25, 0.3) is 0 Å². The van der Waals surface area contributed by atoms with E-state index in [1.54, 1.807) is 31.4 Å². The number of hydrogen-bond acceptors (Lipinski definition) is 7. The number of thiazole rings is 1. The van der Waals surface area contributed by atoms with Crippen LogP contribution in [-0.4, -0.2) is 46.0 Å². The standard InChI is InChI=1S/C24H28N4O6S2/c1-33-14-19-15-35-23(25-19)21(13-17-8-10-18(11-9-17)28-36(31)32)26-22(29)20(27-24(30)34-2)12-16-6-4-3-5-7-16/h3-11,15,20-21,28H,12-14H2,1-2H3,(H,26,29)(H,27,30)(H,31,32)/t20-,21-/m0/s1. The molecule has 0 fully saturated rings. The summed E-state index contributed by atoms with van der Waals surface area (Å²) in [4.78, 5) is 30.0. The molecule has 4 N–H and O–H groups in total. The number of aromatic nitrogens is 1. The van der Waals surface area contributed by atoms with Gasteiger partial charge in [0.25, 0.3) is 11.3 Å².